The number of hydrogen-bond donors (Lipinski definition) is 1. The maximum absolute atomic E-state index is 14.3. The van der Waals surface area contributed by atoms with Gasteiger partial charge < -0.3 is 9.51 Å². The van der Waals surface area contributed by atoms with Crippen LogP contribution in [0.1, 0.15) is 0 Å². The van der Waals surface area contributed by atoms with Crippen LogP contribution >= 0.6 is 0 Å². The molecule has 5 aromatic rings. The largest absolute Gasteiger partial charge is 0.356 e. The molecule has 8 heteroatoms. The maximum Gasteiger partial charge on any atom is 0.176 e. The number of nitrogens with zero attached hydrogens (tertiary/aromatic N) is 3. The molecule has 0 bridgehead atoms. The summed E-state index contributed by atoms with van der Waals surface area (Å²) < 4.78 is 47.5. The quantitative estimate of drug-likeness (QED) is 0.449. The third kappa shape index (κ3) is 2.77. The first kappa shape index (κ1) is 17.2. The first-order chi connectivity index (χ1) is 14.1. The van der Waals surface area contributed by atoms with Gasteiger partial charge in [-0.2, -0.15) is 0 Å². The van der Waals surface area contributed by atoms with E-state index >= 15 is 0 Å². The molecule has 29 heavy (non-hydrogen) atoms. The second-order valence-electron chi connectivity index (χ2n) is 6.33. The van der Waals surface area contributed by atoms with Crippen molar-refractivity contribution in [1.29, 1.82) is 0 Å². The topological polar surface area (TPSA) is 67.6 Å². The van der Waals surface area contributed by atoms with Crippen LogP contribution in [0.4, 0.5) is 13.2 Å². The van der Waals surface area contributed by atoms with E-state index in [1.54, 1.807) is 12.3 Å². The minimum atomic E-state index is -0.994. The minimum Gasteiger partial charge on any atom is -0.356 e. The Hall–Kier alpha value is -3.94. The summed E-state index contributed by atoms with van der Waals surface area (Å²) >= 11 is 0. The maximum atomic E-state index is 14.3. The highest BCUT2D eigenvalue weighted by atomic mass is 19.2. The summed E-state index contributed by atoms with van der Waals surface area (Å²) in [5.41, 5.74) is 1.98. The fourth-order valence-electron chi connectivity index (χ4n) is 3.26. The molecule has 0 radical (unpaired) electrons. The molecule has 142 valence electrons. The van der Waals surface area contributed by atoms with Gasteiger partial charge in [-0.05, 0) is 24.3 Å². The van der Waals surface area contributed by atoms with Gasteiger partial charge in [-0.3, -0.25) is 4.98 Å². The van der Waals surface area contributed by atoms with Gasteiger partial charge in [0.05, 0.1) is 11.8 Å². The third-order valence-corrected chi connectivity index (χ3v) is 4.62. The molecule has 5 rings (SSSR count). The van der Waals surface area contributed by atoms with Crippen molar-refractivity contribution in [2.24, 2.45) is 0 Å². The van der Waals surface area contributed by atoms with Crippen LogP contribution in [0.3, 0.4) is 0 Å². The zero-order valence-electron chi connectivity index (χ0n) is 14.7. The van der Waals surface area contributed by atoms with Crippen molar-refractivity contribution in [1.82, 2.24) is 20.1 Å². The van der Waals surface area contributed by atoms with Crippen LogP contribution < -0.4 is 0 Å². The third-order valence-electron chi connectivity index (χ3n) is 4.62. The number of hydrogen-bond acceptors (Lipinski definition) is 4. The normalized spacial score (nSPS) is 11.3. The fraction of sp³-hybridized carbons (Fsp3) is 0. The lowest BCUT2D eigenvalue weighted by atomic mass is 10.0. The molecular weight excluding hydrogens is 381 g/mol. The van der Waals surface area contributed by atoms with Gasteiger partial charge in [0.2, 0.25) is 0 Å². The Bertz CT molecular complexity index is 1360. The molecule has 0 unspecified atom stereocenters. The predicted molar refractivity (Wildman–Crippen MR) is 100 cm³/mol. The molecule has 0 atom stereocenters. The Morgan fingerprint density at radius 1 is 0.862 bits per heavy atom. The van der Waals surface area contributed by atoms with Crippen molar-refractivity contribution in [3.8, 4) is 33.7 Å². The van der Waals surface area contributed by atoms with Gasteiger partial charge in [0.25, 0.3) is 0 Å². The first-order valence-corrected chi connectivity index (χ1v) is 8.61. The standard InChI is InChI=1S/C21H11F3N4O/c22-16-4-1-3-12(18(16)24)15-10-28-29-20(15)14-9-27-21-13(14)7-11(8-26-21)19-17(23)5-2-6-25-19/h1-10H,(H,26,27). The number of benzene rings is 1. The van der Waals surface area contributed by atoms with Crippen molar-refractivity contribution >= 4 is 11.0 Å². The summed E-state index contributed by atoms with van der Waals surface area (Å²) in [4.78, 5) is 11.4. The Kier molecular flexibility index (Phi) is 3.90. The summed E-state index contributed by atoms with van der Waals surface area (Å²) in [6.07, 6.45) is 5.93. The molecule has 0 aliphatic carbocycles. The molecule has 4 heterocycles. The summed E-state index contributed by atoms with van der Waals surface area (Å²) in [6.45, 7) is 0. The number of pyridine rings is 2. The summed E-state index contributed by atoms with van der Waals surface area (Å²) in [7, 11) is 0. The Balaban J connectivity index is 1.70. The van der Waals surface area contributed by atoms with Crippen LogP contribution in [0.25, 0.3) is 44.7 Å². The fourth-order valence-corrected chi connectivity index (χ4v) is 3.26. The number of aromatic nitrogens is 4. The summed E-state index contributed by atoms with van der Waals surface area (Å²) in [5.74, 6) is -2.21. The van der Waals surface area contributed by atoms with Crippen molar-refractivity contribution in [3.63, 3.8) is 0 Å². The van der Waals surface area contributed by atoms with Gasteiger partial charge in [0.1, 0.15) is 17.2 Å². The van der Waals surface area contributed by atoms with Crippen molar-refractivity contribution in [3.05, 3.63) is 78.6 Å². The zero-order chi connectivity index (χ0) is 20.0. The van der Waals surface area contributed by atoms with Crippen molar-refractivity contribution in [2.75, 3.05) is 0 Å². The van der Waals surface area contributed by atoms with E-state index in [0.717, 1.165) is 6.07 Å². The Labute approximate surface area is 161 Å². The van der Waals surface area contributed by atoms with E-state index in [4.69, 9.17) is 4.52 Å². The lowest BCUT2D eigenvalue weighted by Crippen LogP contribution is -1.90. The molecular formula is C21H11F3N4O. The van der Waals surface area contributed by atoms with Gasteiger partial charge in [-0.1, -0.05) is 17.3 Å². The van der Waals surface area contributed by atoms with Crippen LogP contribution in [0, 0.1) is 17.5 Å². The average molecular weight is 392 g/mol. The highest BCUT2D eigenvalue weighted by molar-refractivity contribution is 5.97. The van der Waals surface area contributed by atoms with E-state index in [9.17, 15) is 13.2 Å². The van der Waals surface area contributed by atoms with Crippen LogP contribution in [-0.2, 0) is 0 Å². The SMILES string of the molecule is Fc1cccnc1-c1cnc2[nH]cc(-c3oncc3-c3cccc(F)c3F)c2c1. The molecule has 0 aliphatic rings. The monoisotopic (exact) mass is 392 g/mol. The number of aromatic amines is 1. The van der Waals surface area contributed by atoms with E-state index < -0.39 is 17.5 Å². The number of fused-ring (bicyclic) bond motifs is 1. The van der Waals surface area contributed by atoms with E-state index in [2.05, 4.69) is 20.1 Å². The first-order valence-electron chi connectivity index (χ1n) is 8.61. The van der Waals surface area contributed by atoms with Crippen LogP contribution in [0.15, 0.2) is 65.7 Å². The van der Waals surface area contributed by atoms with Gasteiger partial charge in [0, 0.05) is 40.7 Å². The Morgan fingerprint density at radius 3 is 2.59 bits per heavy atom. The van der Waals surface area contributed by atoms with Crippen molar-refractivity contribution < 1.29 is 17.7 Å². The highest BCUT2D eigenvalue weighted by Crippen LogP contribution is 2.38. The smallest absolute Gasteiger partial charge is 0.176 e. The van der Waals surface area contributed by atoms with Crippen molar-refractivity contribution in [2.45, 2.75) is 0 Å². The van der Waals surface area contributed by atoms with E-state index in [0.29, 0.717) is 22.2 Å². The number of nitrogens with one attached hydrogen (secondary N) is 1. The van der Waals surface area contributed by atoms with Gasteiger partial charge in [-0.15, -0.1) is 0 Å². The molecule has 0 saturated carbocycles. The van der Waals surface area contributed by atoms with E-state index in [1.807, 2.05) is 0 Å². The lowest BCUT2D eigenvalue weighted by Gasteiger charge is -2.05. The number of H-pyrrole nitrogens is 1. The molecule has 0 saturated heterocycles. The summed E-state index contributed by atoms with van der Waals surface area (Å²) in [5, 5.41) is 4.36. The lowest BCUT2D eigenvalue weighted by molar-refractivity contribution is 0.432. The molecule has 0 aliphatic heterocycles. The second kappa shape index (κ2) is 6.59. The van der Waals surface area contributed by atoms with Crippen LogP contribution in [0.5, 0.6) is 0 Å². The molecule has 0 spiro atoms. The van der Waals surface area contributed by atoms with E-state index in [-0.39, 0.29) is 22.6 Å². The molecule has 1 aromatic carbocycles. The number of halogens is 3. The Morgan fingerprint density at radius 2 is 1.72 bits per heavy atom. The molecule has 1 N–H and O–H groups in total. The van der Waals surface area contributed by atoms with Crippen LogP contribution in [-0.4, -0.2) is 20.1 Å². The zero-order valence-corrected chi connectivity index (χ0v) is 14.7. The van der Waals surface area contributed by atoms with Gasteiger partial charge in [0.15, 0.2) is 17.4 Å². The van der Waals surface area contributed by atoms with Crippen LogP contribution in [0.2, 0.25) is 0 Å². The molecule has 5 nitrogen and oxygen atoms in total. The van der Waals surface area contributed by atoms with Gasteiger partial charge >= 0.3 is 0 Å². The minimum absolute atomic E-state index is 0.0236. The average Bonchev–Trinajstić information content (AvgIpc) is 3.36. The molecule has 0 fully saturated rings. The van der Waals surface area contributed by atoms with Gasteiger partial charge in [-0.25, -0.2) is 18.2 Å². The summed E-state index contributed by atoms with van der Waals surface area (Å²) in [6, 6.07) is 8.40. The second-order valence-corrected chi connectivity index (χ2v) is 6.33. The highest BCUT2D eigenvalue weighted by Gasteiger charge is 2.21. The van der Waals surface area contributed by atoms with E-state index in [1.165, 1.54) is 42.9 Å². The predicted octanol–water partition coefficient (Wildman–Crippen LogP) is 5.36. The molecule has 4 aromatic heterocycles. The molecule has 0 amide bonds. The number of rotatable bonds is 3.